The molecule has 0 saturated heterocycles. The van der Waals surface area contributed by atoms with Gasteiger partial charge in [0.25, 0.3) is 0 Å². The van der Waals surface area contributed by atoms with Crippen LogP contribution in [-0.4, -0.2) is 18.1 Å². The van der Waals surface area contributed by atoms with Crippen LogP contribution in [0.2, 0.25) is 0 Å². The molecule has 4 heteroatoms. The fourth-order valence-electron chi connectivity index (χ4n) is 2.06. The summed E-state index contributed by atoms with van der Waals surface area (Å²) in [5, 5.41) is 6.91. The third-order valence-electron chi connectivity index (χ3n) is 2.78. The van der Waals surface area contributed by atoms with Crippen molar-refractivity contribution in [3.05, 3.63) is 10.6 Å². The smallest absolute Gasteiger partial charge is 0.127 e. The monoisotopic (exact) mass is 213 g/mol. The van der Waals surface area contributed by atoms with Gasteiger partial charge >= 0.3 is 0 Å². The van der Waals surface area contributed by atoms with E-state index in [9.17, 15) is 0 Å². The average molecular weight is 213 g/mol. The lowest BCUT2D eigenvalue weighted by atomic mass is 9.99. The van der Waals surface area contributed by atoms with Crippen molar-refractivity contribution < 1.29 is 0 Å². The first kappa shape index (κ1) is 10.3. The standard InChI is InChI=1S/C10H19N3S/c1-2-5-12-7-3-4-8-9(6-7)14-10(11)13-8/h7,10,12-13H,2-6,11H2,1H3/t7-,10?/m0/s1. The highest BCUT2D eigenvalue weighted by Gasteiger charge is 2.27. The Bertz CT molecular complexity index is 240. The SMILES string of the molecule is CCCN[C@H]1CCC2=C(C1)SC(N)N2. The minimum Gasteiger partial charge on any atom is -0.364 e. The van der Waals surface area contributed by atoms with Crippen LogP contribution in [0.5, 0.6) is 0 Å². The zero-order valence-corrected chi connectivity index (χ0v) is 9.49. The molecule has 0 radical (unpaired) electrons. The van der Waals surface area contributed by atoms with Crippen molar-refractivity contribution in [1.82, 2.24) is 10.6 Å². The van der Waals surface area contributed by atoms with Crippen molar-refractivity contribution >= 4 is 11.8 Å². The Morgan fingerprint density at radius 1 is 1.64 bits per heavy atom. The number of hydrogen-bond acceptors (Lipinski definition) is 4. The van der Waals surface area contributed by atoms with Crippen LogP contribution in [0.15, 0.2) is 10.6 Å². The van der Waals surface area contributed by atoms with E-state index in [1.54, 1.807) is 11.8 Å². The highest BCUT2D eigenvalue weighted by atomic mass is 32.2. The number of thioether (sulfide) groups is 1. The van der Waals surface area contributed by atoms with Gasteiger partial charge in [0, 0.05) is 16.6 Å². The van der Waals surface area contributed by atoms with Crippen LogP contribution < -0.4 is 16.4 Å². The van der Waals surface area contributed by atoms with E-state index in [0.29, 0.717) is 6.04 Å². The second-order valence-electron chi connectivity index (χ2n) is 3.98. The zero-order chi connectivity index (χ0) is 9.97. The molecule has 1 aliphatic carbocycles. The van der Waals surface area contributed by atoms with Gasteiger partial charge in [-0.05, 0) is 32.2 Å². The number of rotatable bonds is 3. The van der Waals surface area contributed by atoms with E-state index in [4.69, 9.17) is 5.73 Å². The van der Waals surface area contributed by atoms with Crippen molar-refractivity contribution in [1.29, 1.82) is 0 Å². The molecule has 2 rings (SSSR count). The second-order valence-corrected chi connectivity index (χ2v) is 5.21. The summed E-state index contributed by atoms with van der Waals surface area (Å²) in [6.45, 7) is 3.35. The molecule has 0 aromatic carbocycles. The summed E-state index contributed by atoms with van der Waals surface area (Å²) < 4.78 is 0. The largest absolute Gasteiger partial charge is 0.364 e. The first-order valence-electron chi connectivity index (χ1n) is 5.43. The average Bonchev–Trinajstić information content (AvgIpc) is 2.54. The second kappa shape index (κ2) is 4.55. The van der Waals surface area contributed by atoms with Crippen molar-refractivity contribution in [3.8, 4) is 0 Å². The minimum atomic E-state index is 0.102. The van der Waals surface area contributed by atoms with Gasteiger partial charge < -0.3 is 16.4 Å². The summed E-state index contributed by atoms with van der Waals surface area (Å²) in [6, 6.07) is 0.674. The number of nitrogens with one attached hydrogen (secondary N) is 2. The maximum absolute atomic E-state index is 5.83. The van der Waals surface area contributed by atoms with Gasteiger partial charge in [0.05, 0.1) is 0 Å². The quantitative estimate of drug-likeness (QED) is 0.662. The highest BCUT2D eigenvalue weighted by Crippen LogP contribution is 2.37. The van der Waals surface area contributed by atoms with Crippen LogP contribution >= 0.6 is 11.8 Å². The summed E-state index contributed by atoms with van der Waals surface area (Å²) in [4.78, 5) is 1.48. The molecule has 1 unspecified atom stereocenters. The maximum atomic E-state index is 5.83. The topological polar surface area (TPSA) is 50.1 Å². The van der Waals surface area contributed by atoms with Gasteiger partial charge in [-0.1, -0.05) is 18.7 Å². The fraction of sp³-hybridized carbons (Fsp3) is 0.800. The zero-order valence-electron chi connectivity index (χ0n) is 8.68. The van der Waals surface area contributed by atoms with Crippen molar-refractivity contribution in [2.24, 2.45) is 5.73 Å². The molecule has 0 saturated carbocycles. The molecule has 0 amide bonds. The predicted molar refractivity (Wildman–Crippen MR) is 61.7 cm³/mol. The molecule has 1 heterocycles. The Balaban J connectivity index is 1.87. The van der Waals surface area contributed by atoms with Gasteiger partial charge in [0.15, 0.2) is 0 Å². The van der Waals surface area contributed by atoms with Crippen LogP contribution in [0.4, 0.5) is 0 Å². The van der Waals surface area contributed by atoms with Crippen LogP contribution in [0, 0.1) is 0 Å². The number of allylic oxidation sites excluding steroid dienone is 1. The predicted octanol–water partition coefficient (Wildman–Crippen LogP) is 1.33. The van der Waals surface area contributed by atoms with Crippen LogP contribution in [-0.2, 0) is 0 Å². The van der Waals surface area contributed by atoms with Gasteiger partial charge in [-0.2, -0.15) is 0 Å². The van der Waals surface area contributed by atoms with Crippen LogP contribution in [0.3, 0.4) is 0 Å². The molecule has 14 heavy (non-hydrogen) atoms. The Morgan fingerprint density at radius 3 is 3.29 bits per heavy atom. The highest BCUT2D eigenvalue weighted by molar-refractivity contribution is 8.03. The van der Waals surface area contributed by atoms with Gasteiger partial charge in [0.1, 0.15) is 5.50 Å². The summed E-state index contributed by atoms with van der Waals surface area (Å²) in [6.07, 6.45) is 4.80. The van der Waals surface area contributed by atoms with E-state index in [0.717, 1.165) is 13.0 Å². The van der Waals surface area contributed by atoms with Crippen molar-refractivity contribution in [2.45, 2.75) is 44.1 Å². The Kier molecular flexibility index (Phi) is 3.36. The van der Waals surface area contributed by atoms with Gasteiger partial charge in [-0.15, -0.1) is 0 Å². The molecule has 0 aromatic rings. The molecule has 2 aliphatic rings. The normalized spacial score (nSPS) is 31.6. The molecule has 0 fully saturated rings. The fourth-order valence-corrected chi connectivity index (χ4v) is 3.16. The molecular formula is C10H19N3S. The van der Waals surface area contributed by atoms with Crippen molar-refractivity contribution in [2.75, 3.05) is 6.54 Å². The molecule has 2 atom stereocenters. The number of hydrogen-bond donors (Lipinski definition) is 3. The molecule has 1 aliphatic heterocycles. The van der Waals surface area contributed by atoms with Crippen molar-refractivity contribution in [3.63, 3.8) is 0 Å². The Morgan fingerprint density at radius 2 is 2.50 bits per heavy atom. The van der Waals surface area contributed by atoms with Gasteiger partial charge in [-0.25, -0.2) is 0 Å². The van der Waals surface area contributed by atoms with Crippen LogP contribution in [0.1, 0.15) is 32.6 Å². The minimum absolute atomic E-state index is 0.102. The Hall–Kier alpha value is -0.190. The lowest BCUT2D eigenvalue weighted by Gasteiger charge is -2.23. The van der Waals surface area contributed by atoms with E-state index >= 15 is 0 Å². The summed E-state index contributed by atoms with van der Waals surface area (Å²) in [7, 11) is 0. The van der Waals surface area contributed by atoms with E-state index in [1.165, 1.54) is 29.9 Å². The summed E-state index contributed by atoms with van der Waals surface area (Å²) in [5.74, 6) is 0. The van der Waals surface area contributed by atoms with E-state index in [2.05, 4.69) is 17.6 Å². The van der Waals surface area contributed by atoms with E-state index in [-0.39, 0.29) is 5.50 Å². The van der Waals surface area contributed by atoms with E-state index in [1.807, 2.05) is 0 Å². The first-order chi connectivity index (χ1) is 6.79. The molecular weight excluding hydrogens is 194 g/mol. The third-order valence-corrected chi connectivity index (χ3v) is 3.85. The lowest BCUT2D eigenvalue weighted by Crippen LogP contribution is -2.33. The molecule has 0 spiro atoms. The molecule has 80 valence electrons. The maximum Gasteiger partial charge on any atom is 0.127 e. The summed E-state index contributed by atoms with van der Waals surface area (Å²) >= 11 is 1.79. The number of nitrogens with two attached hydrogens (primary N) is 1. The van der Waals surface area contributed by atoms with E-state index < -0.39 is 0 Å². The molecule has 4 N–H and O–H groups in total. The van der Waals surface area contributed by atoms with Crippen LogP contribution in [0.25, 0.3) is 0 Å². The summed E-state index contributed by atoms with van der Waals surface area (Å²) in [5.41, 5.74) is 7.33. The van der Waals surface area contributed by atoms with Gasteiger partial charge in [-0.3, -0.25) is 0 Å². The lowest BCUT2D eigenvalue weighted by molar-refractivity contribution is 0.458. The molecule has 0 bridgehead atoms. The third kappa shape index (κ3) is 2.24. The first-order valence-corrected chi connectivity index (χ1v) is 6.31. The molecule has 0 aromatic heterocycles. The molecule has 3 nitrogen and oxygen atoms in total. The van der Waals surface area contributed by atoms with Gasteiger partial charge in [0.2, 0.25) is 0 Å². The Labute approximate surface area is 89.9 Å².